The fourth-order valence-electron chi connectivity index (χ4n) is 3.52. The molecule has 166 valence electrons. The van der Waals surface area contributed by atoms with Crippen molar-refractivity contribution in [3.8, 4) is 0 Å². The van der Waals surface area contributed by atoms with Gasteiger partial charge in [0, 0.05) is 30.4 Å². The summed E-state index contributed by atoms with van der Waals surface area (Å²) >= 11 is 0. The van der Waals surface area contributed by atoms with Crippen LogP contribution in [0, 0.1) is 11.6 Å². The van der Waals surface area contributed by atoms with Crippen molar-refractivity contribution >= 4 is 22.5 Å². The number of ether oxygens (including phenoxy) is 1. The second-order valence-corrected chi connectivity index (χ2v) is 7.06. The van der Waals surface area contributed by atoms with Crippen LogP contribution < -0.4 is 10.2 Å². The molecule has 2 heterocycles. The lowest BCUT2D eigenvalue weighted by Gasteiger charge is -2.28. The van der Waals surface area contributed by atoms with Gasteiger partial charge in [0.2, 0.25) is 0 Å². The Bertz CT molecular complexity index is 1010. The number of hydrogen-bond acceptors (Lipinski definition) is 6. The van der Waals surface area contributed by atoms with Gasteiger partial charge in [-0.1, -0.05) is 13.8 Å². The molecule has 0 bridgehead atoms. The minimum Gasteiger partial charge on any atom is -0.392 e. The van der Waals surface area contributed by atoms with Gasteiger partial charge < -0.3 is 20.1 Å². The van der Waals surface area contributed by atoms with Crippen molar-refractivity contribution < 1.29 is 18.6 Å². The Kier molecular flexibility index (Phi) is 7.70. The molecule has 8 heteroatoms. The van der Waals surface area contributed by atoms with Crippen molar-refractivity contribution in [3.05, 3.63) is 59.3 Å². The molecule has 1 aliphatic rings. The van der Waals surface area contributed by atoms with Crippen LogP contribution in [0.3, 0.4) is 0 Å². The number of aliphatic hydroxyl groups is 1. The fourth-order valence-corrected chi connectivity index (χ4v) is 3.52. The number of nitrogens with one attached hydrogen (secondary N) is 1. The first-order valence-electron chi connectivity index (χ1n) is 10.5. The molecule has 1 fully saturated rings. The fraction of sp³-hybridized carbons (Fsp3) is 0.391. The largest absolute Gasteiger partial charge is 0.392 e. The summed E-state index contributed by atoms with van der Waals surface area (Å²) < 4.78 is 32.5. The smallest absolute Gasteiger partial charge is 0.148 e. The van der Waals surface area contributed by atoms with E-state index in [0.29, 0.717) is 35.5 Å². The zero-order valence-corrected chi connectivity index (χ0v) is 18.0. The van der Waals surface area contributed by atoms with Crippen molar-refractivity contribution in [1.82, 2.24) is 9.97 Å². The lowest BCUT2D eigenvalue weighted by molar-refractivity contribution is 0.122. The minimum absolute atomic E-state index is 0.142. The van der Waals surface area contributed by atoms with Gasteiger partial charge in [0.05, 0.1) is 43.1 Å². The summed E-state index contributed by atoms with van der Waals surface area (Å²) in [6.07, 6.45) is 1.72. The van der Waals surface area contributed by atoms with Crippen molar-refractivity contribution in [2.75, 3.05) is 36.5 Å². The van der Waals surface area contributed by atoms with E-state index < -0.39 is 11.6 Å². The predicted molar refractivity (Wildman–Crippen MR) is 118 cm³/mol. The van der Waals surface area contributed by atoms with Crippen LogP contribution in [0.25, 0.3) is 11.0 Å². The summed E-state index contributed by atoms with van der Waals surface area (Å²) in [5.41, 5.74) is 3.15. The molecular formula is C23H28F2N4O2. The van der Waals surface area contributed by atoms with E-state index in [4.69, 9.17) is 9.72 Å². The monoisotopic (exact) mass is 430 g/mol. The third kappa shape index (κ3) is 5.45. The highest BCUT2D eigenvalue weighted by molar-refractivity contribution is 5.81. The van der Waals surface area contributed by atoms with Gasteiger partial charge in [-0.3, -0.25) is 4.98 Å². The maximum atomic E-state index is 13.6. The molecule has 3 aromatic rings. The minimum atomic E-state index is -0.650. The Morgan fingerprint density at radius 1 is 1.10 bits per heavy atom. The van der Waals surface area contributed by atoms with E-state index in [2.05, 4.69) is 15.2 Å². The van der Waals surface area contributed by atoms with Crippen LogP contribution in [0.5, 0.6) is 0 Å². The lowest BCUT2D eigenvalue weighted by atomic mass is 10.0. The number of aromatic nitrogens is 2. The van der Waals surface area contributed by atoms with Crippen molar-refractivity contribution in [2.45, 2.75) is 33.4 Å². The van der Waals surface area contributed by atoms with Gasteiger partial charge in [0.1, 0.15) is 17.5 Å². The molecule has 0 radical (unpaired) electrons. The third-order valence-corrected chi connectivity index (χ3v) is 4.95. The summed E-state index contributed by atoms with van der Waals surface area (Å²) in [4.78, 5) is 11.5. The quantitative estimate of drug-likeness (QED) is 0.624. The predicted octanol–water partition coefficient (Wildman–Crippen LogP) is 4.44. The van der Waals surface area contributed by atoms with Gasteiger partial charge in [-0.15, -0.1) is 0 Å². The molecule has 1 unspecified atom stereocenters. The summed E-state index contributed by atoms with van der Waals surface area (Å²) in [5.74, 6) is -0.547. The van der Waals surface area contributed by atoms with Crippen LogP contribution in [-0.4, -0.2) is 41.4 Å². The number of benzene rings is 2. The Balaban J connectivity index is 0.00000132. The average Bonchev–Trinajstić information content (AvgIpc) is 2.79. The number of hydrogen-bond donors (Lipinski definition) is 2. The van der Waals surface area contributed by atoms with E-state index in [1.807, 2.05) is 26.8 Å². The highest BCUT2D eigenvalue weighted by Crippen LogP contribution is 2.29. The Morgan fingerprint density at radius 3 is 2.42 bits per heavy atom. The summed E-state index contributed by atoms with van der Waals surface area (Å²) in [5, 5.41) is 12.8. The topological polar surface area (TPSA) is 70.5 Å². The van der Waals surface area contributed by atoms with Crippen LogP contribution in [0.2, 0.25) is 0 Å². The van der Waals surface area contributed by atoms with Gasteiger partial charge >= 0.3 is 0 Å². The zero-order chi connectivity index (χ0) is 22.4. The van der Waals surface area contributed by atoms with Crippen LogP contribution in [-0.2, 0) is 11.3 Å². The molecule has 0 saturated carbocycles. The molecule has 2 N–H and O–H groups in total. The maximum absolute atomic E-state index is 13.6. The number of halogens is 2. The van der Waals surface area contributed by atoms with Crippen LogP contribution in [0.4, 0.5) is 20.3 Å². The van der Waals surface area contributed by atoms with E-state index in [0.717, 1.165) is 30.5 Å². The molecule has 0 spiro atoms. The normalized spacial score (nSPS) is 14.7. The SMILES string of the molecule is CC.CC(Nc1cc(F)cc(F)c1)c1cc(CO)cc2ncc(N3CCOCC3)nc12. The number of anilines is 2. The molecule has 6 nitrogen and oxygen atoms in total. The van der Waals surface area contributed by atoms with E-state index in [1.165, 1.54) is 12.1 Å². The van der Waals surface area contributed by atoms with Crippen molar-refractivity contribution in [1.29, 1.82) is 0 Å². The molecule has 1 aromatic heterocycles. The Morgan fingerprint density at radius 2 is 1.77 bits per heavy atom. The number of fused-ring (bicyclic) bond motifs is 1. The van der Waals surface area contributed by atoms with Gasteiger partial charge in [-0.05, 0) is 36.8 Å². The van der Waals surface area contributed by atoms with Gasteiger partial charge in [-0.25, -0.2) is 13.8 Å². The summed E-state index contributed by atoms with van der Waals surface area (Å²) in [6, 6.07) is 6.62. The molecule has 31 heavy (non-hydrogen) atoms. The number of rotatable bonds is 5. The lowest BCUT2D eigenvalue weighted by Crippen LogP contribution is -2.36. The molecular weight excluding hydrogens is 402 g/mol. The molecule has 4 rings (SSSR count). The van der Waals surface area contributed by atoms with Crippen LogP contribution >= 0.6 is 0 Å². The molecule has 1 aliphatic heterocycles. The molecule has 1 saturated heterocycles. The molecule has 0 amide bonds. The van der Waals surface area contributed by atoms with Crippen molar-refractivity contribution in [2.24, 2.45) is 0 Å². The van der Waals surface area contributed by atoms with E-state index in [1.54, 1.807) is 12.3 Å². The Hall–Kier alpha value is -2.84. The Labute approximate surface area is 180 Å². The average molecular weight is 430 g/mol. The molecule has 2 aromatic carbocycles. The second kappa shape index (κ2) is 10.5. The van der Waals surface area contributed by atoms with E-state index in [-0.39, 0.29) is 12.6 Å². The third-order valence-electron chi connectivity index (χ3n) is 4.95. The van der Waals surface area contributed by atoms with Gasteiger partial charge in [-0.2, -0.15) is 0 Å². The number of aliphatic hydroxyl groups excluding tert-OH is 1. The van der Waals surface area contributed by atoms with Crippen molar-refractivity contribution in [3.63, 3.8) is 0 Å². The zero-order valence-electron chi connectivity index (χ0n) is 18.0. The molecule has 0 aliphatic carbocycles. The van der Waals surface area contributed by atoms with Crippen LogP contribution in [0.15, 0.2) is 36.5 Å². The van der Waals surface area contributed by atoms with Crippen LogP contribution in [0.1, 0.15) is 37.9 Å². The highest BCUT2D eigenvalue weighted by Gasteiger charge is 2.18. The summed E-state index contributed by atoms with van der Waals surface area (Å²) in [6.45, 7) is 8.48. The highest BCUT2D eigenvalue weighted by atomic mass is 19.1. The second-order valence-electron chi connectivity index (χ2n) is 7.06. The van der Waals surface area contributed by atoms with E-state index in [9.17, 15) is 13.9 Å². The van der Waals surface area contributed by atoms with Gasteiger partial charge in [0.25, 0.3) is 0 Å². The van der Waals surface area contributed by atoms with E-state index >= 15 is 0 Å². The number of nitrogens with zero attached hydrogens (tertiary/aromatic N) is 3. The number of morpholine rings is 1. The first-order valence-corrected chi connectivity index (χ1v) is 10.5. The maximum Gasteiger partial charge on any atom is 0.148 e. The first kappa shape index (κ1) is 22.8. The summed E-state index contributed by atoms with van der Waals surface area (Å²) in [7, 11) is 0. The first-order chi connectivity index (χ1) is 15.0. The standard InChI is InChI=1S/C21H22F2N4O2.C2H6/c1-13(25-17-9-15(22)8-16(23)10-17)18-6-14(12-28)7-19-21(18)26-20(11-24-19)27-2-4-29-5-3-27;1-2/h6-11,13,25,28H,2-5,12H2,1H3;1-2H3. The van der Waals surface area contributed by atoms with Gasteiger partial charge in [0.15, 0.2) is 0 Å². The molecule has 1 atom stereocenters.